The minimum atomic E-state index is -0.249. The van der Waals surface area contributed by atoms with E-state index in [1.54, 1.807) is 19.1 Å². The van der Waals surface area contributed by atoms with Crippen LogP contribution in [0.15, 0.2) is 12.1 Å². The summed E-state index contributed by atoms with van der Waals surface area (Å²) in [6, 6.07) is 5.94. The Kier molecular flexibility index (Phi) is 7.58. The number of aryl methyl sites for hydroxylation is 2. The van der Waals surface area contributed by atoms with E-state index in [0.29, 0.717) is 5.56 Å². The van der Waals surface area contributed by atoms with Gasteiger partial charge in [0.2, 0.25) is 0 Å². The Morgan fingerprint density at radius 3 is 2.27 bits per heavy atom. The van der Waals surface area contributed by atoms with Crippen molar-refractivity contribution in [2.24, 2.45) is 0 Å². The summed E-state index contributed by atoms with van der Waals surface area (Å²) in [5.74, 6) is -0.249. The van der Waals surface area contributed by atoms with Crippen molar-refractivity contribution in [2.45, 2.75) is 13.8 Å². The molecule has 0 aliphatic rings. The Labute approximate surface area is 93.1 Å². The predicted octanol–water partition coefficient (Wildman–Crippen LogP) is -1.13. The number of rotatable bonds is 0. The van der Waals surface area contributed by atoms with Crippen LogP contribution in [0.5, 0.6) is 0 Å². The molecule has 0 radical (unpaired) electrons. The molecular weight excluding hydrogens is 219 g/mol. The zero-order chi connectivity index (χ0) is 6.85. The van der Waals surface area contributed by atoms with Gasteiger partial charge in [0.25, 0.3) is 0 Å². The molecule has 0 amide bonds. The number of hydrogen-bond acceptors (Lipinski definition) is 0. The van der Waals surface area contributed by atoms with Gasteiger partial charge in [-0.05, 0) is 0 Å². The van der Waals surface area contributed by atoms with Crippen molar-refractivity contribution in [2.75, 3.05) is 0 Å². The monoisotopic (exact) mass is 226 g/mol. The van der Waals surface area contributed by atoms with Crippen molar-refractivity contribution in [1.82, 2.24) is 0 Å². The van der Waals surface area contributed by atoms with Gasteiger partial charge < -0.3 is 17.0 Å². The molecule has 11 heavy (non-hydrogen) atoms. The van der Waals surface area contributed by atoms with E-state index in [-0.39, 0.29) is 45.9 Å². The second kappa shape index (κ2) is 5.97. The summed E-state index contributed by atoms with van der Waals surface area (Å²) < 4.78 is 12.4. The van der Waals surface area contributed by atoms with Gasteiger partial charge in [-0.15, -0.1) is 11.6 Å². The fourth-order valence-electron chi connectivity index (χ4n) is 0.738. The average Bonchev–Trinajstić information content (AvgIpc) is 1.80. The van der Waals surface area contributed by atoms with Crippen molar-refractivity contribution in [3.63, 3.8) is 0 Å². The summed E-state index contributed by atoms with van der Waals surface area (Å²) >= 11 is 0. The minimum Gasteiger partial charge on any atom is -1.00 e. The van der Waals surface area contributed by atoms with Crippen LogP contribution in [0.4, 0.5) is 4.39 Å². The molecule has 1 aromatic carbocycles. The van der Waals surface area contributed by atoms with E-state index in [0.717, 1.165) is 5.56 Å². The summed E-state index contributed by atoms with van der Waals surface area (Å²) in [6.45, 7) is 3.65. The van der Waals surface area contributed by atoms with Crippen molar-refractivity contribution >= 4 is 23.1 Å². The summed E-state index contributed by atoms with van der Waals surface area (Å²) in [5.41, 5.74) is 1.71. The molecule has 56 valence electrons. The number of halogens is 2. The van der Waals surface area contributed by atoms with Crippen LogP contribution in [0, 0.1) is 25.7 Å². The Morgan fingerprint density at radius 2 is 1.91 bits per heavy atom. The first-order valence-corrected chi connectivity index (χ1v) is 2.84. The SMILES string of the molecule is Cc1c[c-]c(F)c(C)c1.[Br-].[Mg+2]. The van der Waals surface area contributed by atoms with Gasteiger partial charge in [0.15, 0.2) is 0 Å². The Balaban J connectivity index is 0. The van der Waals surface area contributed by atoms with Crippen molar-refractivity contribution in [1.29, 1.82) is 0 Å². The summed E-state index contributed by atoms with van der Waals surface area (Å²) in [4.78, 5) is 0. The maximum atomic E-state index is 12.4. The minimum absolute atomic E-state index is 0. The molecule has 0 saturated carbocycles. The van der Waals surface area contributed by atoms with E-state index >= 15 is 0 Å². The third-order valence-electron chi connectivity index (χ3n) is 1.22. The van der Waals surface area contributed by atoms with Crippen LogP contribution >= 0.6 is 0 Å². The molecule has 0 aliphatic heterocycles. The van der Waals surface area contributed by atoms with E-state index in [1.807, 2.05) is 6.92 Å². The number of benzene rings is 1. The maximum Gasteiger partial charge on any atom is 2.00 e. The summed E-state index contributed by atoms with van der Waals surface area (Å²) in [5, 5.41) is 0. The molecule has 0 aliphatic carbocycles. The average molecular weight is 227 g/mol. The molecule has 3 heteroatoms. The van der Waals surface area contributed by atoms with Crippen LogP contribution in [0.2, 0.25) is 0 Å². The molecule has 0 N–H and O–H groups in total. The first-order valence-electron chi connectivity index (χ1n) is 2.84. The fraction of sp³-hybridized carbons (Fsp3) is 0.250. The van der Waals surface area contributed by atoms with E-state index in [1.165, 1.54) is 0 Å². The Morgan fingerprint density at radius 1 is 1.36 bits per heavy atom. The van der Waals surface area contributed by atoms with E-state index in [9.17, 15) is 4.39 Å². The van der Waals surface area contributed by atoms with Crippen LogP contribution in [-0.4, -0.2) is 23.1 Å². The topological polar surface area (TPSA) is 0 Å². The molecule has 0 bridgehead atoms. The Hall–Kier alpha value is 0.396. The molecule has 0 spiro atoms. The van der Waals surface area contributed by atoms with Crippen molar-refractivity contribution in [3.8, 4) is 0 Å². The zero-order valence-electron chi connectivity index (χ0n) is 6.62. The Bertz CT molecular complexity index is 225. The largest absolute Gasteiger partial charge is 2.00 e. The normalized spacial score (nSPS) is 7.91. The second-order valence-electron chi connectivity index (χ2n) is 2.17. The van der Waals surface area contributed by atoms with Gasteiger partial charge in [0, 0.05) is 5.82 Å². The first kappa shape index (κ1) is 14.0. The van der Waals surface area contributed by atoms with Gasteiger partial charge in [-0.25, -0.2) is 4.39 Å². The standard InChI is InChI=1S/C8H8F.BrH.Mg/c1-6-3-4-8(9)7(2)5-6;;/h3,5H,1-2H3;1H;/q-1;;+2/p-1. The van der Waals surface area contributed by atoms with Gasteiger partial charge in [-0.1, -0.05) is 13.8 Å². The third kappa shape index (κ3) is 4.08. The van der Waals surface area contributed by atoms with Crippen LogP contribution in [0.25, 0.3) is 0 Å². The molecule has 0 saturated heterocycles. The molecule has 0 nitrogen and oxygen atoms in total. The van der Waals surface area contributed by atoms with Gasteiger partial charge in [0.05, 0.1) is 0 Å². The van der Waals surface area contributed by atoms with Crippen molar-refractivity contribution < 1.29 is 21.4 Å². The molecular formula is C8H8BrFMg. The molecule has 0 aromatic heterocycles. The molecule has 0 unspecified atom stereocenters. The van der Waals surface area contributed by atoms with E-state index in [4.69, 9.17) is 0 Å². The van der Waals surface area contributed by atoms with Crippen LogP contribution in [-0.2, 0) is 0 Å². The van der Waals surface area contributed by atoms with Gasteiger partial charge >= 0.3 is 23.1 Å². The maximum absolute atomic E-state index is 12.4. The quantitative estimate of drug-likeness (QED) is 0.388. The second-order valence-corrected chi connectivity index (χ2v) is 2.17. The van der Waals surface area contributed by atoms with Gasteiger partial charge in [-0.3, -0.25) is 0 Å². The summed E-state index contributed by atoms with van der Waals surface area (Å²) in [6.07, 6.45) is 0. The van der Waals surface area contributed by atoms with Crippen LogP contribution in [0.1, 0.15) is 11.1 Å². The van der Waals surface area contributed by atoms with E-state index < -0.39 is 0 Å². The molecule has 0 heterocycles. The third-order valence-corrected chi connectivity index (χ3v) is 1.22. The fourth-order valence-corrected chi connectivity index (χ4v) is 0.738. The van der Waals surface area contributed by atoms with Crippen molar-refractivity contribution in [3.05, 3.63) is 35.1 Å². The molecule has 0 fully saturated rings. The number of hydrogen-bond donors (Lipinski definition) is 0. The van der Waals surface area contributed by atoms with Gasteiger partial charge in [-0.2, -0.15) is 17.7 Å². The molecule has 1 aromatic rings. The smallest absolute Gasteiger partial charge is 1.00 e. The predicted molar refractivity (Wildman–Crippen MR) is 40.5 cm³/mol. The van der Waals surface area contributed by atoms with Crippen LogP contribution < -0.4 is 17.0 Å². The zero-order valence-corrected chi connectivity index (χ0v) is 9.62. The van der Waals surface area contributed by atoms with Crippen LogP contribution in [0.3, 0.4) is 0 Å². The molecule has 1 rings (SSSR count). The van der Waals surface area contributed by atoms with Gasteiger partial charge in [0.1, 0.15) is 0 Å². The molecule has 0 atom stereocenters. The summed E-state index contributed by atoms with van der Waals surface area (Å²) in [7, 11) is 0. The van der Waals surface area contributed by atoms with E-state index in [2.05, 4.69) is 6.07 Å². The first-order chi connectivity index (χ1) is 4.20.